The predicted octanol–water partition coefficient (Wildman–Crippen LogP) is 4.83. The van der Waals surface area contributed by atoms with Crippen LogP contribution in [0.4, 0.5) is 4.39 Å². The van der Waals surface area contributed by atoms with Crippen LogP contribution in [0.2, 0.25) is 5.02 Å². The van der Waals surface area contributed by atoms with Crippen LogP contribution in [0.5, 0.6) is 11.5 Å². The number of ether oxygens (including phenoxy) is 2. The number of H-pyrrole nitrogens is 1. The molecule has 0 fully saturated rings. The first-order chi connectivity index (χ1) is 13.2. The maximum Gasteiger partial charge on any atom is 0.209 e. The average Bonchev–Trinajstić information content (AvgIpc) is 3.14. The van der Waals surface area contributed by atoms with E-state index in [4.69, 9.17) is 21.1 Å². The van der Waals surface area contributed by atoms with Crippen LogP contribution in [-0.4, -0.2) is 28.4 Å². The minimum atomic E-state index is -0.259. The van der Waals surface area contributed by atoms with Gasteiger partial charge in [-0.25, -0.2) is 9.37 Å². The summed E-state index contributed by atoms with van der Waals surface area (Å²) in [5.74, 6) is 2.28. The molecule has 0 saturated carbocycles. The number of nitrogens with zero attached hydrogens (tertiary/aromatic N) is 2. The van der Waals surface area contributed by atoms with E-state index in [1.807, 2.05) is 18.2 Å². The standard InChI is InChI=1S/C19H15ClFN3O2S/c20-15-9-13(10-16-18(15)26-8-7-25-16)11-27-19-22-17(23-24-19)6-3-12-1-4-14(21)5-2-12/h1-6,9-10H,7-8,11H2,(H,22,23,24). The molecular formula is C19H15ClFN3O2S. The first-order valence-electron chi connectivity index (χ1n) is 8.24. The van der Waals surface area contributed by atoms with Crippen molar-refractivity contribution < 1.29 is 13.9 Å². The van der Waals surface area contributed by atoms with Gasteiger partial charge >= 0.3 is 0 Å². The molecule has 0 spiro atoms. The predicted molar refractivity (Wildman–Crippen MR) is 104 cm³/mol. The van der Waals surface area contributed by atoms with E-state index in [1.165, 1.54) is 23.9 Å². The van der Waals surface area contributed by atoms with Crippen LogP contribution in [0.25, 0.3) is 12.2 Å². The summed E-state index contributed by atoms with van der Waals surface area (Å²) in [6, 6.07) is 10.0. The third kappa shape index (κ3) is 4.43. The fourth-order valence-electron chi connectivity index (χ4n) is 2.54. The Morgan fingerprint density at radius 3 is 2.81 bits per heavy atom. The Labute approximate surface area is 164 Å². The maximum absolute atomic E-state index is 12.9. The van der Waals surface area contributed by atoms with Crippen LogP contribution in [0.3, 0.4) is 0 Å². The molecule has 0 unspecified atom stereocenters. The zero-order valence-corrected chi connectivity index (χ0v) is 15.7. The molecule has 5 nitrogen and oxygen atoms in total. The largest absolute Gasteiger partial charge is 0.486 e. The number of hydrogen-bond donors (Lipinski definition) is 1. The Morgan fingerprint density at radius 2 is 1.96 bits per heavy atom. The van der Waals surface area contributed by atoms with Crippen molar-refractivity contribution in [2.45, 2.75) is 10.9 Å². The van der Waals surface area contributed by atoms with E-state index in [1.54, 1.807) is 18.2 Å². The summed E-state index contributed by atoms with van der Waals surface area (Å²) in [6.07, 6.45) is 3.64. The summed E-state index contributed by atoms with van der Waals surface area (Å²) >= 11 is 7.74. The van der Waals surface area contributed by atoms with Gasteiger partial charge in [-0.05, 0) is 41.5 Å². The molecule has 2 heterocycles. The van der Waals surface area contributed by atoms with Crippen LogP contribution < -0.4 is 9.47 Å². The summed E-state index contributed by atoms with van der Waals surface area (Å²) < 4.78 is 24.0. The Hall–Kier alpha value is -2.51. The zero-order chi connectivity index (χ0) is 18.6. The highest BCUT2D eigenvalue weighted by molar-refractivity contribution is 7.98. The van der Waals surface area contributed by atoms with E-state index in [-0.39, 0.29) is 5.82 Å². The molecule has 0 atom stereocenters. The van der Waals surface area contributed by atoms with E-state index < -0.39 is 0 Å². The van der Waals surface area contributed by atoms with Crippen molar-refractivity contribution in [2.24, 2.45) is 0 Å². The van der Waals surface area contributed by atoms with Crippen LogP contribution in [-0.2, 0) is 5.75 Å². The lowest BCUT2D eigenvalue weighted by Crippen LogP contribution is -2.15. The van der Waals surface area contributed by atoms with E-state index in [0.717, 1.165) is 11.1 Å². The molecule has 0 amide bonds. The first-order valence-corrected chi connectivity index (χ1v) is 9.60. The number of rotatable bonds is 5. The van der Waals surface area contributed by atoms with E-state index in [9.17, 15) is 4.39 Å². The highest BCUT2D eigenvalue weighted by Gasteiger charge is 2.17. The van der Waals surface area contributed by atoms with Crippen molar-refractivity contribution in [1.29, 1.82) is 0 Å². The van der Waals surface area contributed by atoms with E-state index >= 15 is 0 Å². The SMILES string of the molecule is Fc1ccc(C=Cc2nc(SCc3cc(Cl)c4c(c3)OCCO4)n[nH]2)cc1. The molecule has 27 heavy (non-hydrogen) atoms. The molecule has 1 aliphatic heterocycles. The molecule has 8 heteroatoms. The van der Waals surface area contributed by atoms with Crippen molar-refractivity contribution in [3.8, 4) is 11.5 Å². The molecule has 4 rings (SSSR count). The summed E-state index contributed by atoms with van der Waals surface area (Å²) in [7, 11) is 0. The van der Waals surface area contributed by atoms with Gasteiger partial charge in [0.15, 0.2) is 11.5 Å². The summed E-state index contributed by atoms with van der Waals surface area (Å²) in [5.41, 5.74) is 1.88. The number of thioether (sulfide) groups is 1. The molecule has 1 aliphatic rings. The van der Waals surface area contributed by atoms with Crippen molar-refractivity contribution >= 4 is 35.5 Å². The molecule has 1 N–H and O–H groups in total. The van der Waals surface area contributed by atoms with Crippen LogP contribution in [0, 0.1) is 5.82 Å². The van der Waals surface area contributed by atoms with Crippen molar-refractivity contribution in [1.82, 2.24) is 15.2 Å². The Balaban J connectivity index is 1.40. The molecule has 0 radical (unpaired) electrons. The third-order valence-corrected chi connectivity index (χ3v) is 5.01. The molecule has 1 aromatic heterocycles. The Morgan fingerprint density at radius 1 is 1.15 bits per heavy atom. The highest BCUT2D eigenvalue weighted by atomic mass is 35.5. The van der Waals surface area contributed by atoms with Gasteiger partial charge in [-0.1, -0.05) is 41.6 Å². The number of aromatic nitrogens is 3. The van der Waals surface area contributed by atoms with Gasteiger partial charge in [0.05, 0.1) is 5.02 Å². The van der Waals surface area contributed by atoms with Crippen molar-refractivity contribution in [3.05, 3.63) is 64.2 Å². The molecule has 0 bridgehead atoms. The second-order valence-corrected chi connectivity index (χ2v) is 7.13. The molecule has 3 aromatic rings. The fraction of sp³-hybridized carbons (Fsp3) is 0.158. The fourth-order valence-corrected chi connectivity index (χ4v) is 3.57. The smallest absolute Gasteiger partial charge is 0.209 e. The summed E-state index contributed by atoms with van der Waals surface area (Å²) in [4.78, 5) is 4.41. The second kappa shape index (κ2) is 8.02. The lowest BCUT2D eigenvalue weighted by molar-refractivity contribution is 0.171. The monoisotopic (exact) mass is 403 g/mol. The van der Waals surface area contributed by atoms with Gasteiger partial charge in [0, 0.05) is 5.75 Å². The van der Waals surface area contributed by atoms with E-state index in [2.05, 4.69) is 15.2 Å². The highest BCUT2D eigenvalue weighted by Crippen LogP contribution is 2.39. The number of hydrogen-bond acceptors (Lipinski definition) is 5. The van der Waals surface area contributed by atoms with Gasteiger partial charge in [-0.3, -0.25) is 5.10 Å². The zero-order valence-electron chi connectivity index (χ0n) is 14.1. The normalized spacial score (nSPS) is 13.3. The number of nitrogens with one attached hydrogen (secondary N) is 1. The first kappa shape index (κ1) is 17.9. The number of benzene rings is 2. The molecule has 0 aliphatic carbocycles. The molecular weight excluding hydrogens is 389 g/mol. The second-order valence-electron chi connectivity index (χ2n) is 5.78. The summed E-state index contributed by atoms with van der Waals surface area (Å²) in [5, 5.41) is 8.23. The molecule has 2 aromatic carbocycles. The number of aromatic amines is 1. The number of halogens is 2. The van der Waals surface area contributed by atoms with Crippen LogP contribution in [0.1, 0.15) is 17.0 Å². The quantitative estimate of drug-likeness (QED) is 0.618. The molecule has 0 saturated heterocycles. The Kier molecular flexibility index (Phi) is 5.31. The van der Waals surface area contributed by atoms with Gasteiger partial charge in [0.1, 0.15) is 24.9 Å². The van der Waals surface area contributed by atoms with Crippen molar-refractivity contribution in [3.63, 3.8) is 0 Å². The van der Waals surface area contributed by atoms with E-state index in [0.29, 0.717) is 46.5 Å². The minimum absolute atomic E-state index is 0.259. The maximum atomic E-state index is 12.9. The average molecular weight is 404 g/mol. The van der Waals surface area contributed by atoms with Crippen LogP contribution in [0.15, 0.2) is 41.6 Å². The van der Waals surface area contributed by atoms with Gasteiger partial charge in [0.2, 0.25) is 5.16 Å². The Bertz CT molecular complexity index is 976. The summed E-state index contributed by atoms with van der Waals surface area (Å²) in [6.45, 7) is 1.02. The van der Waals surface area contributed by atoms with Gasteiger partial charge < -0.3 is 9.47 Å². The van der Waals surface area contributed by atoms with Gasteiger partial charge in [-0.2, -0.15) is 0 Å². The minimum Gasteiger partial charge on any atom is -0.486 e. The lowest BCUT2D eigenvalue weighted by Gasteiger charge is -2.20. The van der Waals surface area contributed by atoms with Gasteiger partial charge in [0.25, 0.3) is 0 Å². The van der Waals surface area contributed by atoms with Crippen molar-refractivity contribution in [2.75, 3.05) is 13.2 Å². The van der Waals surface area contributed by atoms with Crippen LogP contribution >= 0.6 is 23.4 Å². The number of fused-ring (bicyclic) bond motifs is 1. The topological polar surface area (TPSA) is 60.0 Å². The lowest BCUT2D eigenvalue weighted by atomic mass is 10.2. The third-order valence-electron chi connectivity index (χ3n) is 3.81. The van der Waals surface area contributed by atoms with Gasteiger partial charge in [-0.15, -0.1) is 5.10 Å². The molecule has 138 valence electrons.